The summed E-state index contributed by atoms with van der Waals surface area (Å²) in [4.78, 5) is 2.46. The second-order valence-electron chi connectivity index (χ2n) is 4.23. The average Bonchev–Trinajstić information content (AvgIpc) is 2.32. The summed E-state index contributed by atoms with van der Waals surface area (Å²) >= 11 is 0. The van der Waals surface area contributed by atoms with E-state index in [9.17, 15) is 0 Å². The van der Waals surface area contributed by atoms with Gasteiger partial charge < -0.3 is 15.0 Å². The first-order valence-electron chi connectivity index (χ1n) is 6.73. The van der Waals surface area contributed by atoms with E-state index < -0.39 is 0 Å². The van der Waals surface area contributed by atoms with Crippen LogP contribution in [0, 0.1) is 0 Å². The molecule has 0 rings (SSSR count). The number of hydrogen-bond acceptors (Lipinski definition) is 3. The van der Waals surface area contributed by atoms with Gasteiger partial charge in [0.15, 0.2) is 0 Å². The van der Waals surface area contributed by atoms with Crippen LogP contribution in [0.2, 0.25) is 0 Å². The Morgan fingerprint density at radius 1 is 1.19 bits per heavy atom. The number of likely N-dealkylation sites (N-methyl/N-ethyl adjacent to an activating group) is 1. The molecule has 0 aromatic carbocycles. The van der Waals surface area contributed by atoms with Gasteiger partial charge in [-0.3, -0.25) is 0 Å². The molecule has 98 valence electrons. The van der Waals surface area contributed by atoms with E-state index in [2.05, 4.69) is 31.0 Å². The Morgan fingerprint density at radius 2 is 1.94 bits per heavy atom. The second-order valence-corrected chi connectivity index (χ2v) is 4.23. The largest absolute Gasteiger partial charge is 0.383 e. The van der Waals surface area contributed by atoms with Gasteiger partial charge in [0, 0.05) is 19.7 Å². The summed E-state index contributed by atoms with van der Waals surface area (Å²) in [6.07, 6.45) is 3.80. The van der Waals surface area contributed by atoms with Crippen molar-refractivity contribution in [2.45, 2.75) is 46.1 Å². The fourth-order valence-electron chi connectivity index (χ4n) is 1.95. The van der Waals surface area contributed by atoms with Crippen molar-refractivity contribution in [3.8, 4) is 0 Å². The molecule has 1 unspecified atom stereocenters. The SMILES string of the molecule is CCNC(CC)CCCN(CC)CCOC. The molecule has 0 aromatic rings. The molecule has 3 heteroatoms. The van der Waals surface area contributed by atoms with E-state index in [-0.39, 0.29) is 0 Å². The highest BCUT2D eigenvalue weighted by Gasteiger charge is 2.06. The van der Waals surface area contributed by atoms with Crippen molar-refractivity contribution in [2.75, 3.05) is 39.9 Å². The zero-order chi connectivity index (χ0) is 12.2. The molecule has 0 amide bonds. The van der Waals surface area contributed by atoms with Gasteiger partial charge in [-0.1, -0.05) is 20.8 Å². The summed E-state index contributed by atoms with van der Waals surface area (Å²) in [5, 5.41) is 3.52. The van der Waals surface area contributed by atoms with Gasteiger partial charge in [-0.2, -0.15) is 0 Å². The van der Waals surface area contributed by atoms with Gasteiger partial charge in [-0.05, 0) is 38.9 Å². The summed E-state index contributed by atoms with van der Waals surface area (Å²) in [6.45, 7) is 12.0. The fourth-order valence-corrected chi connectivity index (χ4v) is 1.95. The molecule has 0 fully saturated rings. The lowest BCUT2D eigenvalue weighted by molar-refractivity contribution is 0.149. The lowest BCUT2D eigenvalue weighted by Crippen LogP contribution is -2.31. The Balaban J connectivity index is 3.58. The molecule has 1 N–H and O–H groups in total. The molecule has 0 aliphatic rings. The zero-order valence-electron chi connectivity index (χ0n) is 11.6. The molecule has 0 bridgehead atoms. The van der Waals surface area contributed by atoms with Crippen LogP contribution in [0.5, 0.6) is 0 Å². The van der Waals surface area contributed by atoms with Gasteiger partial charge in [0.2, 0.25) is 0 Å². The molecule has 0 radical (unpaired) electrons. The third-order valence-corrected chi connectivity index (χ3v) is 3.07. The van der Waals surface area contributed by atoms with Crippen molar-refractivity contribution in [2.24, 2.45) is 0 Å². The molecule has 0 aliphatic carbocycles. The minimum atomic E-state index is 0.700. The predicted octanol–water partition coefficient (Wildman–Crippen LogP) is 2.12. The Labute approximate surface area is 102 Å². The molecule has 0 aromatic heterocycles. The maximum Gasteiger partial charge on any atom is 0.0589 e. The number of hydrogen-bond donors (Lipinski definition) is 1. The highest BCUT2D eigenvalue weighted by Crippen LogP contribution is 2.03. The molecule has 0 heterocycles. The third-order valence-electron chi connectivity index (χ3n) is 3.07. The molecular formula is C13H30N2O. The van der Waals surface area contributed by atoms with E-state index in [1.54, 1.807) is 7.11 Å². The van der Waals surface area contributed by atoms with Crippen molar-refractivity contribution in [3.05, 3.63) is 0 Å². The van der Waals surface area contributed by atoms with E-state index in [0.29, 0.717) is 6.04 Å². The number of nitrogens with zero attached hydrogens (tertiary/aromatic N) is 1. The van der Waals surface area contributed by atoms with E-state index in [4.69, 9.17) is 4.74 Å². The number of methoxy groups -OCH3 is 1. The van der Waals surface area contributed by atoms with Crippen molar-refractivity contribution >= 4 is 0 Å². The quantitative estimate of drug-likeness (QED) is 0.588. The van der Waals surface area contributed by atoms with Crippen LogP contribution in [0.15, 0.2) is 0 Å². The van der Waals surface area contributed by atoms with Crippen LogP contribution in [0.25, 0.3) is 0 Å². The van der Waals surface area contributed by atoms with E-state index in [1.165, 1.54) is 25.8 Å². The molecule has 0 saturated heterocycles. The van der Waals surface area contributed by atoms with Crippen molar-refractivity contribution in [3.63, 3.8) is 0 Å². The van der Waals surface area contributed by atoms with Crippen LogP contribution in [0.3, 0.4) is 0 Å². The van der Waals surface area contributed by atoms with Gasteiger partial charge in [-0.15, -0.1) is 0 Å². The van der Waals surface area contributed by atoms with Gasteiger partial charge in [0.25, 0.3) is 0 Å². The Morgan fingerprint density at radius 3 is 2.44 bits per heavy atom. The van der Waals surface area contributed by atoms with Gasteiger partial charge in [-0.25, -0.2) is 0 Å². The van der Waals surface area contributed by atoms with Crippen LogP contribution in [-0.2, 0) is 4.74 Å². The van der Waals surface area contributed by atoms with Crippen molar-refractivity contribution < 1.29 is 4.74 Å². The highest BCUT2D eigenvalue weighted by molar-refractivity contribution is 4.65. The lowest BCUT2D eigenvalue weighted by Gasteiger charge is -2.21. The van der Waals surface area contributed by atoms with Crippen molar-refractivity contribution in [1.29, 1.82) is 0 Å². The third kappa shape index (κ3) is 8.08. The summed E-state index contributed by atoms with van der Waals surface area (Å²) in [7, 11) is 1.77. The number of nitrogens with one attached hydrogen (secondary N) is 1. The average molecular weight is 230 g/mol. The monoisotopic (exact) mass is 230 g/mol. The van der Waals surface area contributed by atoms with E-state index in [1.807, 2.05) is 0 Å². The molecular weight excluding hydrogens is 200 g/mol. The molecule has 0 saturated carbocycles. The molecule has 0 spiro atoms. The van der Waals surface area contributed by atoms with E-state index >= 15 is 0 Å². The minimum absolute atomic E-state index is 0.700. The summed E-state index contributed by atoms with van der Waals surface area (Å²) < 4.78 is 5.11. The van der Waals surface area contributed by atoms with Crippen LogP contribution in [0.4, 0.5) is 0 Å². The lowest BCUT2D eigenvalue weighted by atomic mass is 10.1. The highest BCUT2D eigenvalue weighted by atomic mass is 16.5. The predicted molar refractivity (Wildman–Crippen MR) is 71.0 cm³/mol. The Bertz CT molecular complexity index is 142. The smallest absolute Gasteiger partial charge is 0.0589 e. The summed E-state index contributed by atoms with van der Waals surface area (Å²) in [5.74, 6) is 0. The topological polar surface area (TPSA) is 24.5 Å². The van der Waals surface area contributed by atoms with Gasteiger partial charge in [0.05, 0.1) is 6.61 Å². The first kappa shape index (κ1) is 15.9. The minimum Gasteiger partial charge on any atom is -0.383 e. The second kappa shape index (κ2) is 11.4. The van der Waals surface area contributed by atoms with Crippen LogP contribution in [-0.4, -0.2) is 50.8 Å². The van der Waals surface area contributed by atoms with Crippen molar-refractivity contribution in [1.82, 2.24) is 10.2 Å². The molecule has 1 atom stereocenters. The first-order valence-corrected chi connectivity index (χ1v) is 6.73. The maximum absolute atomic E-state index is 5.11. The van der Waals surface area contributed by atoms with Gasteiger partial charge in [0.1, 0.15) is 0 Å². The number of ether oxygens (including phenoxy) is 1. The molecule has 0 aliphatic heterocycles. The summed E-state index contributed by atoms with van der Waals surface area (Å²) in [6, 6.07) is 0.700. The Kier molecular flexibility index (Phi) is 11.3. The molecule has 16 heavy (non-hydrogen) atoms. The van der Waals surface area contributed by atoms with Crippen LogP contribution in [0.1, 0.15) is 40.0 Å². The summed E-state index contributed by atoms with van der Waals surface area (Å²) in [5.41, 5.74) is 0. The normalized spacial score (nSPS) is 13.3. The first-order chi connectivity index (χ1) is 7.78. The Hall–Kier alpha value is -0.120. The fraction of sp³-hybridized carbons (Fsp3) is 1.00. The van der Waals surface area contributed by atoms with Crippen LogP contribution < -0.4 is 5.32 Å². The van der Waals surface area contributed by atoms with Gasteiger partial charge >= 0.3 is 0 Å². The maximum atomic E-state index is 5.11. The zero-order valence-corrected chi connectivity index (χ0v) is 11.6. The van der Waals surface area contributed by atoms with E-state index in [0.717, 1.165) is 26.2 Å². The molecule has 3 nitrogen and oxygen atoms in total. The number of rotatable bonds is 11. The standard InChI is InChI=1S/C13H30N2O/c1-5-13(14-6-2)9-8-10-15(7-3)11-12-16-4/h13-14H,5-12H2,1-4H3. The van der Waals surface area contributed by atoms with Crippen LogP contribution >= 0.6 is 0 Å².